The van der Waals surface area contributed by atoms with E-state index in [1.807, 2.05) is 0 Å². The van der Waals surface area contributed by atoms with Gasteiger partial charge in [-0.1, -0.05) is 32.1 Å². The molecule has 0 bridgehead atoms. The largest absolute Gasteiger partial charge is 0.328 e. The molecular weight excluding hydrogens is 226 g/mol. The van der Waals surface area contributed by atoms with Crippen LogP contribution in [0, 0.1) is 5.92 Å². The molecule has 5 heteroatoms. The van der Waals surface area contributed by atoms with Gasteiger partial charge in [0, 0.05) is 6.04 Å². The number of hydrogen-bond acceptors (Lipinski definition) is 3. The summed E-state index contributed by atoms with van der Waals surface area (Å²) in [5.41, 5.74) is 5.96. The van der Waals surface area contributed by atoms with E-state index < -0.39 is 10.1 Å². The smallest absolute Gasteiger partial charge is 0.264 e. The first kappa shape index (κ1) is 13.9. The molecule has 1 aliphatic carbocycles. The minimum Gasteiger partial charge on any atom is -0.328 e. The Morgan fingerprint density at radius 2 is 1.88 bits per heavy atom. The van der Waals surface area contributed by atoms with Gasteiger partial charge < -0.3 is 5.73 Å². The van der Waals surface area contributed by atoms with E-state index in [4.69, 9.17) is 10.3 Å². The molecule has 0 aliphatic heterocycles. The van der Waals surface area contributed by atoms with Crippen LogP contribution < -0.4 is 5.73 Å². The minimum absolute atomic E-state index is 0.0878. The lowest BCUT2D eigenvalue weighted by atomic mass is 9.84. The lowest BCUT2D eigenvalue weighted by molar-refractivity contribution is 0.312. The summed E-state index contributed by atoms with van der Waals surface area (Å²) in [6.45, 7) is 0. The summed E-state index contributed by atoms with van der Waals surface area (Å²) in [7, 11) is -3.81. The molecule has 0 heterocycles. The van der Waals surface area contributed by atoms with Crippen LogP contribution in [0.2, 0.25) is 0 Å². The fourth-order valence-electron chi connectivity index (χ4n) is 2.50. The SMILES string of the molecule is NC(CCCS(=O)(=O)O)CC1CCCCC1. The molecule has 3 N–H and O–H groups in total. The Labute approximate surface area is 98.4 Å². The van der Waals surface area contributed by atoms with Crippen LogP contribution in [0.15, 0.2) is 0 Å². The molecule has 1 atom stereocenters. The van der Waals surface area contributed by atoms with Gasteiger partial charge in [-0.2, -0.15) is 8.42 Å². The first-order valence-electron chi connectivity index (χ1n) is 6.18. The van der Waals surface area contributed by atoms with Crippen LogP contribution in [0.3, 0.4) is 0 Å². The van der Waals surface area contributed by atoms with Crippen LogP contribution >= 0.6 is 0 Å². The van der Waals surface area contributed by atoms with Gasteiger partial charge in [0.15, 0.2) is 0 Å². The molecule has 1 aliphatic rings. The van der Waals surface area contributed by atoms with E-state index >= 15 is 0 Å². The molecule has 1 unspecified atom stereocenters. The zero-order valence-corrected chi connectivity index (χ0v) is 10.6. The highest BCUT2D eigenvalue weighted by Crippen LogP contribution is 2.27. The molecule has 1 fully saturated rings. The van der Waals surface area contributed by atoms with Crippen molar-refractivity contribution in [3.8, 4) is 0 Å². The molecule has 1 rings (SSSR count). The van der Waals surface area contributed by atoms with Crippen LogP contribution in [0.25, 0.3) is 0 Å². The lowest BCUT2D eigenvalue weighted by Gasteiger charge is -2.24. The Hall–Kier alpha value is -0.130. The Bertz CT molecular complexity index is 284. The van der Waals surface area contributed by atoms with Gasteiger partial charge in [0.1, 0.15) is 0 Å². The summed E-state index contributed by atoms with van der Waals surface area (Å²) in [4.78, 5) is 0. The van der Waals surface area contributed by atoms with Crippen LogP contribution in [-0.4, -0.2) is 24.8 Å². The van der Waals surface area contributed by atoms with Crippen LogP contribution in [0.4, 0.5) is 0 Å². The molecule has 0 aromatic rings. The van der Waals surface area contributed by atoms with Crippen LogP contribution in [-0.2, 0) is 10.1 Å². The molecule has 16 heavy (non-hydrogen) atoms. The monoisotopic (exact) mass is 249 g/mol. The molecule has 4 nitrogen and oxygen atoms in total. The average molecular weight is 249 g/mol. The van der Waals surface area contributed by atoms with Gasteiger partial charge in [0.05, 0.1) is 5.75 Å². The summed E-state index contributed by atoms with van der Waals surface area (Å²) in [6.07, 6.45) is 8.66. The molecule has 0 spiro atoms. The van der Waals surface area contributed by atoms with Gasteiger partial charge in [0.25, 0.3) is 10.1 Å². The third kappa shape index (κ3) is 6.45. The molecule has 0 saturated heterocycles. The van der Waals surface area contributed by atoms with Gasteiger partial charge in [-0.3, -0.25) is 4.55 Å². The summed E-state index contributed by atoms with van der Waals surface area (Å²) in [5.74, 6) is 0.570. The van der Waals surface area contributed by atoms with E-state index in [9.17, 15) is 8.42 Å². The van der Waals surface area contributed by atoms with E-state index in [1.165, 1.54) is 32.1 Å². The van der Waals surface area contributed by atoms with Crippen molar-refractivity contribution in [3.63, 3.8) is 0 Å². The van der Waals surface area contributed by atoms with E-state index in [1.54, 1.807) is 0 Å². The minimum atomic E-state index is -3.81. The second-order valence-corrected chi connectivity index (χ2v) is 6.50. The zero-order valence-electron chi connectivity index (χ0n) is 9.77. The normalized spacial score (nSPS) is 20.9. The summed E-state index contributed by atoms with van der Waals surface area (Å²) in [5, 5.41) is 0. The second-order valence-electron chi connectivity index (χ2n) is 4.93. The summed E-state index contributed by atoms with van der Waals surface area (Å²) >= 11 is 0. The van der Waals surface area contributed by atoms with Crippen molar-refractivity contribution >= 4 is 10.1 Å². The average Bonchev–Trinajstić information content (AvgIpc) is 2.17. The van der Waals surface area contributed by atoms with Crippen molar-refractivity contribution in [1.29, 1.82) is 0 Å². The molecule has 0 radical (unpaired) electrons. The third-order valence-electron chi connectivity index (χ3n) is 3.34. The fourth-order valence-corrected chi connectivity index (χ4v) is 3.03. The summed E-state index contributed by atoms with van der Waals surface area (Å²) in [6, 6.07) is 0.0878. The van der Waals surface area contributed by atoms with Crippen molar-refractivity contribution in [3.05, 3.63) is 0 Å². The maximum absolute atomic E-state index is 10.5. The van der Waals surface area contributed by atoms with Crippen molar-refractivity contribution in [2.24, 2.45) is 11.7 Å². The molecular formula is C11H23NO3S. The van der Waals surface area contributed by atoms with Gasteiger partial charge >= 0.3 is 0 Å². The van der Waals surface area contributed by atoms with E-state index in [0.717, 1.165) is 12.3 Å². The fraction of sp³-hybridized carbons (Fsp3) is 1.00. The second kappa shape index (κ2) is 6.57. The van der Waals surface area contributed by atoms with Crippen LogP contribution in [0.5, 0.6) is 0 Å². The van der Waals surface area contributed by atoms with Gasteiger partial charge in [-0.25, -0.2) is 0 Å². The van der Waals surface area contributed by atoms with E-state index in [2.05, 4.69) is 0 Å². The predicted octanol–water partition coefficient (Wildman–Crippen LogP) is 1.95. The van der Waals surface area contributed by atoms with Crippen molar-refractivity contribution in [2.45, 2.75) is 57.4 Å². The highest BCUT2D eigenvalue weighted by Gasteiger charge is 2.17. The van der Waals surface area contributed by atoms with E-state index in [-0.39, 0.29) is 11.8 Å². The number of rotatable bonds is 6. The predicted molar refractivity (Wildman–Crippen MR) is 64.8 cm³/mol. The van der Waals surface area contributed by atoms with Gasteiger partial charge in [0.2, 0.25) is 0 Å². The van der Waals surface area contributed by atoms with Crippen molar-refractivity contribution in [2.75, 3.05) is 5.75 Å². The molecule has 0 aromatic heterocycles. The number of hydrogen-bond donors (Lipinski definition) is 2. The Balaban J connectivity index is 2.12. The highest BCUT2D eigenvalue weighted by molar-refractivity contribution is 7.85. The molecule has 0 aromatic carbocycles. The topological polar surface area (TPSA) is 80.4 Å². The standard InChI is InChI=1S/C11H23NO3S/c12-11(7-4-8-16(13,14)15)9-10-5-2-1-3-6-10/h10-11H,1-9,12H2,(H,13,14,15). The van der Waals surface area contributed by atoms with Crippen LogP contribution in [0.1, 0.15) is 51.4 Å². The molecule has 1 saturated carbocycles. The maximum Gasteiger partial charge on any atom is 0.264 e. The first-order valence-corrected chi connectivity index (χ1v) is 7.79. The Kier molecular flexibility index (Phi) is 5.72. The van der Waals surface area contributed by atoms with Crippen molar-refractivity contribution < 1.29 is 13.0 Å². The Morgan fingerprint density at radius 1 is 1.25 bits per heavy atom. The highest BCUT2D eigenvalue weighted by atomic mass is 32.2. The first-order chi connectivity index (χ1) is 7.47. The summed E-state index contributed by atoms with van der Waals surface area (Å²) < 4.78 is 29.6. The van der Waals surface area contributed by atoms with Gasteiger partial charge in [-0.15, -0.1) is 0 Å². The zero-order chi connectivity index (χ0) is 12.0. The molecule has 96 valence electrons. The van der Waals surface area contributed by atoms with Crippen molar-refractivity contribution in [1.82, 2.24) is 0 Å². The molecule has 0 amide bonds. The van der Waals surface area contributed by atoms with Gasteiger partial charge in [-0.05, 0) is 25.2 Å². The third-order valence-corrected chi connectivity index (χ3v) is 4.14. The lowest BCUT2D eigenvalue weighted by Crippen LogP contribution is -2.25. The Morgan fingerprint density at radius 3 is 2.44 bits per heavy atom. The maximum atomic E-state index is 10.5. The quantitative estimate of drug-likeness (QED) is 0.705. The van der Waals surface area contributed by atoms with E-state index in [0.29, 0.717) is 12.8 Å². The number of nitrogens with two attached hydrogens (primary N) is 1.